The molecule has 1 aromatic heterocycles. The molecule has 2 N–H and O–H groups in total. The van der Waals surface area contributed by atoms with Crippen LogP contribution in [-0.2, 0) is 4.79 Å². The van der Waals surface area contributed by atoms with Crippen molar-refractivity contribution in [3.05, 3.63) is 53.1 Å². The fourth-order valence-electron chi connectivity index (χ4n) is 4.27. The number of hydrogen-bond donors (Lipinski definition) is 1. The van der Waals surface area contributed by atoms with E-state index in [4.69, 9.17) is 22.1 Å². The number of anilines is 1. The Kier molecular flexibility index (Phi) is 5.21. The van der Waals surface area contributed by atoms with E-state index in [-0.39, 0.29) is 68.4 Å². The Morgan fingerprint density at radius 3 is 2.85 bits per heavy atom. The zero-order valence-corrected chi connectivity index (χ0v) is 18.7. The van der Waals surface area contributed by atoms with E-state index in [1.54, 1.807) is 9.80 Å². The third kappa shape index (κ3) is 3.41. The zero-order chi connectivity index (χ0) is 23.4. The second kappa shape index (κ2) is 7.96. The summed E-state index contributed by atoms with van der Waals surface area (Å²) in [5, 5.41) is 0.0151. The maximum atomic E-state index is 15.4. The molecule has 0 bridgehead atoms. The van der Waals surface area contributed by atoms with Crippen LogP contribution in [0.2, 0.25) is 5.02 Å². The fraction of sp³-hybridized carbons (Fsp3) is 0.227. The predicted molar refractivity (Wildman–Crippen MR) is 121 cm³/mol. The number of nitrogen functional groups attached to an aromatic ring is 1. The second-order valence-corrected chi connectivity index (χ2v) is 9.11. The molecule has 0 radical (unpaired) electrons. The molecule has 11 heteroatoms. The van der Waals surface area contributed by atoms with Crippen molar-refractivity contribution in [2.75, 3.05) is 32.0 Å². The topological polar surface area (TPSA) is 88.8 Å². The lowest BCUT2D eigenvalue weighted by Crippen LogP contribution is -2.57. The molecule has 3 aromatic rings. The Hall–Kier alpha value is -3.24. The summed E-state index contributed by atoms with van der Waals surface area (Å²) in [6.07, 6.45) is 1.22. The number of benzene rings is 2. The van der Waals surface area contributed by atoms with Crippen LogP contribution in [0, 0.1) is 11.6 Å². The van der Waals surface area contributed by atoms with Gasteiger partial charge in [0.2, 0.25) is 5.91 Å². The number of ether oxygens (including phenoxy) is 1. The van der Waals surface area contributed by atoms with E-state index in [1.165, 1.54) is 18.2 Å². The maximum Gasteiger partial charge on any atom is 0.258 e. The minimum Gasteiger partial charge on any atom is -0.489 e. The molecule has 1 saturated heterocycles. The third-order valence-electron chi connectivity index (χ3n) is 5.84. The number of hydrogen-bond acceptors (Lipinski definition) is 6. The van der Waals surface area contributed by atoms with Crippen LogP contribution in [0.4, 0.5) is 13.9 Å². The summed E-state index contributed by atoms with van der Waals surface area (Å²) in [6.45, 7) is 4.41. The Bertz CT molecular complexity index is 1350. The number of piperazine rings is 1. The number of aromatic nitrogens is 1. The molecule has 33 heavy (non-hydrogen) atoms. The number of thiazole rings is 1. The van der Waals surface area contributed by atoms with E-state index in [0.717, 1.165) is 17.4 Å². The lowest BCUT2D eigenvalue weighted by atomic mass is 10.00. The summed E-state index contributed by atoms with van der Waals surface area (Å²) >= 11 is 7.53. The van der Waals surface area contributed by atoms with Gasteiger partial charge in [-0.3, -0.25) is 9.59 Å². The molecule has 0 unspecified atom stereocenters. The highest BCUT2D eigenvalue weighted by Gasteiger charge is 2.38. The minimum absolute atomic E-state index is 0.0107. The molecule has 170 valence electrons. The van der Waals surface area contributed by atoms with Crippen molar-refractivity contribution in [1.82, 2.24) is 14.8 Å². The van der Waals surface area contributed by atoms with Crippen molar-refractivity contribution in [2.45, 2.75) is 6.04 Å². The number of nitrogens with two attached hydrogens (primary N) is 1. The summed E-state index contributed by atoms with van der Waals surface area (Å²) in [7, 11) is 0. The van der Waals surface area contributed by atoms with E-state index >= 15 is 4.39 Å². The van der Waals surface area contributed by atoms with Gasteiger partial charge in [0.05, 0.1) is 26.8 Å². The van der Waals surface area contributed by atoms with Crippen LogP contribution in [0.1, 0.15) is 10.4 Å². The van der Waals surface area contributed by atoms with Gasteiger partial charge in [0.15, 0.2) is 10.9 Å². The number of nitrogens with zero attached hydrogens (tertiary/aromatic N) is 3. The third-order valence-corrected chi connectivity index (χ3v) is 7.09. The average molecular weight is 491 g/mol. The summed E-state index contributed by atoms with van der Waals surface area (Å²) in [4.78, 5) is 32.5. The zero-order valence-electron chi connectivity index (χ0n) is 17.1. The monoisotopic (exact) mass is 490 g/mol. The van der Waals surface area contributed by atoms with Gasteiger partial charge < -0.3 is 20.3 Å². The van der Waals surface area contributed by atoms with Gasteiger partial charge in [-0.05, 0) is 24.3 Å². The lowest BCUT2D eigenvalue weighted by molar-refractivity contribution is -0.128. The summed E-state index contributed by atoms with van der Waals surface area (Å²) in [5.74, 6) is -1.94. The molecular weight excluding hydrogens is 474 g/mol. The van der Waals surface area contributed by atoms with Crippen LogP contribution in [0.3, 0.4) is 0 Å². The Morgan fingerprint density at radius 2 is 2.09 bits per heavy atom. The SMILES string of the molecule is C=CC(=O)N1CCN2C(=O)c3cc(F)c(-c4ccc(F)c5sc(N)nc45)c(Cl)c3OC[C@H]2C1. The molecule has 2 aliphatic heterocycles. The summed E-state index contributed by atoms with van der Waals surface area (Å²) in [5.41, 5.74) is 6.10. The first kappa shape index (κ1) is 21.6. The normalized spacial score (nSPS) is 17.9. The van der Waals surface area contributed by atoms with Crippen LogP contribution in [0.15, 0.2) is 30.9 Å². The Balaban J connectivity index is 1.60. The molecule has 1 atom stereocenters. The molecule has 5 rings (SSSR count). The first-order valence-electron chi connectivity index (χ1n) is 10.0. The smallest absolute Gasteiger partial charge is 0.258 e. The van der Waals surface area contributed by atoms with Gasteiger partial charge in [-0.15, -0.1) is 0 Å². The summed E-state index contributed by atoms with van der Waals surface area (Å²) in [6, 6.07) is 3.21. The molecule has 7 nitrogen and oxygen atoms in total. The van der Waals surface area contributed by atoms with Gasteiger partial charge in [0.1, 0.15) is 18.2 Å². The van der Waals surface area contributed by atoms with Gasteiger partial charge in [-0.2, -0.15) is 0 Å². The molecule has 0 aliphatic carbocycles. The standard InChI is InChI=1S/C22H17ClF2N4O3S/c1-2-15(30)28-5-6-29-10(8-28)9-32-19-12(21(29)31)7-14(25)16(17(19)23)11-3-4-13(24)20-18(11)27-22(26)33-20/h2-4,7,10H,1,5-6,8-9H2,(H2,26,27)/t10-/m1/s1. The van der Waals surface area contributed by atoms with Gasteiger partial charge in [-0.1, -0.05) is 29.5 Å². The van der Waals surface area contributed by atoms with Gasteiger partial charge in [0, 0.05) is 30.8 Å². The van der Waals surface area contributed by atoms with E-state index in [0.29, 0.717) is 6.54 Å². The Labute approximate surface area is 196 Å². The number of carbonyl (C=O) groups excluding carboxylic acids is 2. The van der Waals surface area contributed by atoms with E-state index in [9.17, 15) is 14.0 Å². The van der Waals surface area contributed by atoms with Crippen LogP contribution >= 0.6 is 22.9 Å². The fourth-order valence-corrected chi connectivity index (χ4v) is 5.38. The summed E-state index contributed by atoms with van der Waals surface area (Å²) < 4.78 is 35.7. The quantitative estimate of drug-likeness (QED) is 0.553. The number of fused-ring (bicyclic) bond motifs is 3. The van der Waals surface area contributed by atoms with Gasteiger partial charge in [-0.25, -0.2) is 13.8 Å². The molecule has 2 amide bonds. The van der Waals surface area contributed by atoms with Gasteiger partial charge in [0.25, 0.3) is 5.91 Å². The van der Waals surface area contributed by atoms with Crippen LogP contribution in [-0.4, -0.2) is 58.9 Å². The number of halogens is 3. The molecule has 3 heterocycles. The van der Waals surface area contributed by atoms with Crippen LogP contribution in [0.5, 0.6) is 5.75 Å². The van der Waals surface area contributed by atoms with Crippen molar-refractivity contribution in [3.63, 3.8) is 0 Å². The molecular formula is C22H17ClF2N4O3S. The van der Waals surface area contributed by atoms with Crippen LogP contribution < -0.4 is 10.5 Å². The highest BCUT2D eigenvalue weighted by molar-refractivity contribution is 7.22. The number of amides is 2. The first-order chi connectivity index (χ1) is 15.8. The maximum absolute atomic E-state index is 15.4. The minimum atomic E-state index is -0.769. The molecule has 2 aliphatic rings. The van der Waals surface area contributed by atoms with E-state index in [1.807, 2.05) is 0 Å². The largest absolute Gasteiger partial charge is 0.489 e. The van der Waals surface area contributed by atoms with E-state index in [2.05, 4.69) is 11.6 Å². The van der Waals surface area contributed by atoms with E-state index < -0.39 is 23.6 Å². The molecule has 1 fully saturated rings. The van der Waals surface area contributed by atoms with Crippen molar-refractivity contribution >= 4 is 50.1 Å². The molecule has 2 aromatic carbocycles. The average Bonchev–Trinajstić information content (AvgIpc) is 3.14. The number of rotatable bonds is 2. The van der Waals surface area contributed by atoms with Crippen molar-refractivity contribution < 1.29 is 23.1 Å². The van der Waals surface area contributed by atoms with Crippen LogP contribution in [0.25, 0.3) is 21.3 Å². The highest BCUT2D eigenvalue weighted by Crippen LogP contribution is 2.45. The van der Waals surface area contributed by atoms with Crippen molar-refractivity contribution in [1.29, 1.82) is 0 Å². The van der Waals surface area contributed by atoms with Gasteiger partial charge >= 0.3 is 0 Å². The second-order valence-electron chi connectivity index (χ2n) is 7.70. The van der Waals surface area contributed by atoms with Crippen molar-refractivity contribution in [2.24, 2.45) is 0 Å². The first-order valence-corrected chi connectivity index (χ1v) is 11.2. The number of carbonyl (C=O) groups is 2. The Morgan fingerprint density at radius 1 is 1.30 bits per heavy atom. The van der Waals surface area contributed by atoms with Crippen molar-refractivity contribution in [3.8, 4) is 16.9 Å². The molecule has 0 saturated carbocycles. The highest BCUT2D eigenvalue weighted by atomic mass is 35.5. The lowest BCUT2D eigenvalue weighted by Gasteiger charge is -2.39. The predicted octanol–water partition coefficient (Wildman–Crippen LogP) is 3.71. The molecule has 0 spiro atoms.